The molecule has 3 aromatic rings. The van der Waals surface area contributed by atoms with E-state index in [9.17, 15) is 8.42 Å². The summed E-state index contributed by atoms with van der Waals surface area (Å²) in [4.78, 5) is 2.15. The fourth-order valence-electron chi connectivity index (χ4n) is 3.29. The van der Waals surface area contributed by atoms with E-state index in [4.69, 9.17) is 0 Å². The van der Waals surface area contributed by atoms with Crippen molar-refractivity contribution < 1.29 is 8.42 Å². The molecule has 1 aliphatic heterocycles. The van der Waals surface area contributed by atoms with Crippen LogP contribution in [0.2, 0.25) is 0 Å². The molecule has 1 aliphatic carbocycles. The number of anilines is 1. The number of thiophene rings is 1. The Morgan fingerprint density at radius 3 is 2.62 bits per heavy atom. The molecule has 3 aromatic heterocycles. The first kappa shape index (κ1) is 16.2. The second-order valence-corrected chi connectivity index (χ2v) is 9.75. The van der Waals surface area contributed by atoms with Crippen molar-refractivity contribution in [3.8, 4) is 0 Å². The van der Waals surface area contributed by atoms with E-state index >= 15 is 0 Å². The minimum Gasteiger partial charge on any atom is -0.367 e. The van der Waals surface area contributed by atoms with Crippen molar-refractivity contribution in [2.24, 2.45) is 0 Å². The maximum Gasteiger partial charge on any atom is 0.252 e. The Morgan fingerprint density at radius 1 is 1.12 bits per heavy atom. The molecule has 0 unspecified atom stereocenters. The molecule has 26 heavy (non-hydrogen) atoms. The van der Waals surface area contributed by atoms with E-state index in [-0.39, 0.29) is 0 Å². The van der Waals surface area contributed by atoms with Gasteiger partial charge in [-0.3, -0.25) is 0 Å². The monoisotopic (exact) mass is 390 g/mol. The molecule has 5 rings (SSSR count). The summed E-state index contributed by atoms with van der Waals surface area (Å²) in [7, 11) is -3.38. The van der Waals surface area contributed by atoms with Gasteiger partial charge in [0.15, 0.2) is 11.5 Å². The van der Waals surface area contributed by atoms with Crippen LogP contribution >= 0.6 is 11.3 Å². The van der Waals surface area contributed by atoms with Crippen LogP contribution in [0, 0.1) is 0 Å². The normalized spacial score (nSPS) is 19.3. The van der Waals surface area contributed by atoms with Gasteiger partial charge >= 0.3 is 0 Å². The van der Waals surface area contributed by atoms with Crippen molar-refractivity contribution in [1.29, 1.82) is 0 Å². The summed E-state index contributed by atoms with van der Waals surface area (Å²) >= 11 is 1.26. The molecule has 136 valence electrons. The third kappa shape index (κ3) is 2.68. The van der Waals surface area contributed by atoms with Crippen molar-refractivity contribution >= 4 is 32.7 Å². The van der Waals surface area contributed by atoms with Crippen LogP contribution in [0.25, 0.3) is 5.65 Å². The van der Waals surface area contributed by atoms with Gasteiger partial charge in [0.1, 0.15) is 4.21 Å². The van der Waals surface area contributed by atoms with Crippen LogP contribution in [0.15, 0.2) is 34.0 Å². The number of piperazine rings is 1. The van der Waals surface area contributed by atoms with Crippen LogP contribution < -0.4 is 4.90 Å². The Kier molecular flexibility index (Phi) is 3.73. The Balaban J connectivity index is 1.33. The largest absolute Gasteiger partial charge is 0.367 e. The molecule has 2 aliphatic rings. The van der Waals surface area contributed by atoms with E-state index < -0.39 is 10.0 Å². The van der Waals surface area contributed by atoms with Gasteiger partial charge < -0.3 is 4.90 Å². The first-order valence-corrected chi connectivity index (χ1v) is 10.9. The summed E-state index contributed by atoms with van der Waals surface area (Å²) in [6, 6.07) is 5.41. The summed E-state index contributed by atoms with van der Waals surface area (Å²) in [6.45, 7) is 2.19. The van der Waals surface area contributed by atoms with Gasteiger partial charge in [-0.1, -0.05) is 6.07 Å². The fourth-order valence-corrected chi connectivity index (χ4v) is 5.86. The van der Waals surface area contributed by atoms with Crippen LogP contribution in [-0.4, -0.2) is 58.7 Å². The highest BCUT2D eigenvalue weighted by atomic mass is 32.2. The lowest BCUT2D eigenvalue weighted by Gasteiger charge is -2.34. The zero-order chi connectivity index (χ0) is 17.7. The van der Waals surface area contributed by atoms with Crippen LogP contribution in [0.3, 0.4) is 0 Å². The predicted molar refractivity (Wildman–Crippen MR) is 98.0 cm³/mol. The molecule has 0 atom stereocenters. The number of rotatable bonds is 4. The Hall–Kier alpha value is -2.04. The van der Waals surface area contributed by atoms with Crippen LogP contribution in [0.1, 0.15) is 24.6 Å². The topological polar surface area (TPSA) is 83.7 Å². The molecule has 1 saturated carbocycles. The van der Waals surface area contributed by atoms with Gasteiger partial charge in [-0.2, -0.15) is 13.9 Å². The second kappa shape index (κ2) is 6.00. The molecule has 0 N–H and O–H groups in total. The highest BCUT2D eigenvalue weighted by Crippen LogP contribution is 2.38. The first-order valence-electron chi connectivity index (χ1n) is 8.63. The van der Waals surface area contributed by atoms with Gasteiger partial charge in [0.2, 0.25) is 0 Å². The summed E-state index contributed by atoms with van der Waals surface area (Å²) < 4.78 is 29.0. The Labute approximate surface area is 155 Å². The van der Waals surface area contributed by atoms with Crippen molar-refractivity contribution in [2.45, 2.75) is 23.0 Å². The summed E-state index contributed by atoms with van der Waals surface area (Å²) in [5.41, 5.74) is 1.71. The summed E-state index contributed by atoms with van der Waals surface area (Å²) in [6.07, 6.45) is 4.14. The van der Waals surface area contributed by atoms with E-state index in [1.807, 2.05) is 16.8 Å². The maximum atomic E-state index is 12.6. The number of aromatic nitrogens is 4. The van der Waals surface area contributed by atoms with E-state index in [2.05, 4.69) is 20.2 Å². The third-order valence-corrected chi connectivity index (χ3v) is 8.18. The SMILES string of the molecule is O=S(=O)(c1cccs1)N1CCN(c2cnn3c(C4CC4)nnc3c2)CC1. The summed E-state index contributed by atoms with van der Waals surface area (Å²) in [5.74, 6) is 1.44. The molecule has 10 heteroatoms. The van der Waals surface area contributed by atoms with Gasteiger partial charge in [0.05, 0.1) is 11.9 Å². The minimum absolute atomic E-state index is 0.408. The lowest BCUT2D eigenvalue weighted by Crippen LogP contribution is -2.48. The molecule has 8 nitrogen and oxygen atoms in total. The molecule has 0 bridgehead atoms. The van der Waals surface area contributed by atoms with E-state index in [0.717, 1.165) is 30.0 Å². The minimum atomic E-state index is -3.38. The third-order valence-electron chi connectivity index (χ3n) is 4.91. The average molecular weight is 390 g/mol. The van der Waals surface area contributed by atoms with E-state index in [0.29, 0.717) is 36.3 Å². The molecule has 1 saturated heterocycles. The van der Waals surface area contributed by atoms with Crippen LogP contribution in [-0.2, 0) is 10.0 Å². The van der Waals surface area contributed by atoms with Gasteiger partial charge in [0.25, 0.3) is 10.0 Å². The lowest BCUT2D eigenvalue weighted by molar-refractivity contribution is 0.385. The number of nitrogens with zero attached hydrogens (tertiary/aromatic N) is 6. The van der Waals surface area contributed by atoms with Gasteiger partial charge in [-0.05, 0) is 24.3 Å². The standard InChI is InChI=1S/C16H18N6O2S2/c23-26(24,15-2-1-9-25-15)21-7-5-20(6-8-21)13-10-14-18-19-16(12-3-4-12)22(14)17-11-13/h1-2,9-12H,3-8H2. The van der Waals surface area contributed by atoms with Crippen molar-refractivity contribution in [3.05, 3.63) is 35.6 Å². The maximum absolute atomic E-state index is 12.6. The zero-order valence-corrected chi connectivity index (χ0v) is 15.7. The molecule has 0 radical (unpaired) electrons. The quantitative estimate of drug-likeness (QED) is 0.672. The number of hydrogen-bond acceptors (Lipinski definition) is 7. The molecule has 2 fully saturated rings. The van der Waals surface area contributed by atoms with Crippen molar-refractivity contribution in [1.82, 2.24) is 24.1 Å². The molecular weight excluding hydrogens is 372 g/mol. The average Bonchev–Trinajstić information content (AvgIpc) is 3.19. The second-order valence-electron chi connectivity index (χ2n) is 6.64. The fraction of sp³-hybridized carbons (Fsp3) is 0.438. The lowest BCUT2D eigenvalue weighted by atomic mass is 10.3. The molecule has 4 heterocycles. The Morgan fingerprint density at radius 2 is 1.92 bits per heavy atom. The zero-order valence-electron chi connectivity index (χ0n) is 14.0. The Bertz CT molecular complexity index is 1030. The highest BCUT2D eigenvalue weighted by Gasteiger charge is 2.31. The number of fused-ring (bicyclic) bond motifs is 1. The van der Waals surface area contributed by atoms with Gasteiger partial charge in [-0.25, -0.2) is 8.42 Å². The molecule has 0 amide bonds. The summed E-state index contributed by atoms with van der Waals surface area (Å²) in [5, 5.41) is 14.8. The van der Waals surface area contributed by atoms with Crippen LogP contribution in [0.5, 0.6) is 0 Å². The van der Waals surface area contributed by atoms with Gasteiger partial charge in [-0.15, -0.1) is 21.5 Å². The predicted octanol–water partition coefficient (Wildman–Crippen LogP) is 1.57. The highest BCUT2D eigenvalue weighted by molar-refractivity contribution is 7.91. The molecule has 0 spiro atoms. The smallest absolute Gasteiger partial charge is 0.252 e. The first-order chi connectivity index (χ1) is 12.6. The van der Waals surface area contributed by atoms with Crippen LogP contribution in [0.4, 0.5) is 5.69 Å². The number of hydrogen-bond donors (Lipinski definition) is 0. The van der Waals surface area contributed by atoms with E-state index in [1.165, 1.54) is 11.3 Å². The molecular formula is C16H18N6O2S2. The number of sulfonamides is 1. The molecule has 0 aromatic carbocycles. The van der Waals surface area contributed by atoms with Crippen molar-refractivity contribution in [3.63, 3.8) is 0 Å². The van der Waals surface area contributed by atoms with Crippen molar-refractivity contribution in [2.75, 3.05) is 31.1 Å². The van der Waals surface area contributed by atoms with Gasteiger partial charge in [0, 0.05) is 38.2 Å². The van der Waals surface area contributed by atoms with E-state index in [1.54, 1.807) is 21.8 Å².